The van der Waals surface area contributed by atoms with Crippen molar-refractivity contribution in [3.05, 3.63) is 0 Å². The largest absolute Gasteiger partial charge is 0.480 e. The highest BCUT2D eigenvalue weighted by Crippen LogP contribution is 2.33. The molecule has 0 aromatic heterocycles. The van der Waals surface area contributed by atoms with E-state index in [0.29, 0.717) is 0 Å². The van der Waals surface area contributed by atoms with E-state index in [2.05, 4.69) is 0 Å². The quantitative estimate of drug-likeness (QED) is 0.662. The Labute approximate surface area is 119 Å². The van der Waals surface area contributed by atoms with Crippen molar-refractivity contribution in [2.45, 2.75) is 64.5 Å². The third-order valence-corrected chi connectivity index (χ3v) is 3.65. The van der Waals surface area contributed by atoms with Crippen LogP contribution in [0.2, 0.25) is 0 Å². The van der Waals surface area contributed by atoms with Gasteiger partial charge in [-0.2, -0.15) is 0 Å². The van der Waals surface area contributed by atoms with E-state index < -0.39 is 17.9 Å². The van der Waals surface area contributed by atoms with Crippen LogP contribution in [0.1, 0.15) is 52.4 Å². The summed E-state index contributed by atoms with van der Waals surface area (Å²) in [5, 5.41) is 9.38. The van der Waals surface area contributed by atoms with Crippen molar-refractivity contribution in [1.82, 2.24) is 4.90 Å². The molecule has 0 bridgehead atoms. The van der Waals surface area contributed by atoms with E-state index in [-0.39, 0.29) is 30.7 Å². The van der Waals surface area contributed by atoms with E-state index in [1.807, 2.05) is 13.8 Å². The lowest BCUT2D eigenvalue weighted by Gasteiger charge is -2.34. The number of nitrogens with two attached hydrogens (primary N) is 1. The summed E-state index contributed by atoms with van der Waals surface area (Å²) in [7, 11) is 0. The van der Waals surface area contributed by atoms with Crippen molar-refractivity contribution < 1.29 is 19.5 Å². The number of carbonyl (C=O) groups excluding carboxylic acids is 2. The van der Waals surface area contributed by atoms with Gasteiger partial charge >= 0.3 is 5.97 Å². The zero-order valence-electron chi connectivity index (χ0n) is 12.2. The van der Waals surface area contributed by atoms with Gasteiger partial charge in [-0.25, -0.2) is 4.79 Å². The zero-order chi connectivity index (χ0) is 15.3. The smallest absolute Gasteiger partial charge is 0.326 e. The van der Waals surface area contributed by atoms with Crippen LogP contribution in [0.15, 0.2) is 0 Å². The molecular formula is C14H24N2O4. The molecule has 0 aliphatic heterocycles. The Morgan fingerprint density at radius 3 is 2.30 bits per heavy atom. The van der Waals surface area contributed by atoms with E-state index in [4.69, 9.17) is 5.73 Å². The van der Waals surface area contributed by atoms with Crippen LogP contribution in [-0.4, -0.2) is 39.9 Å². The van der Waals surface area contributed by atoms with Gasteiger partial charge in [0.2, 0.25) is 11.8 Å². The highest BCUT2D eigenvalue weighted by Gasteiger charge is 2.40. The molecular weight excluding hydrogens is 260 g/mol. The molecule has 0 heterocycles. The van der Waals surface area contributed by atoms with Gasteiger partial charge in [-0.3, -0.25) is 9.59 Å². The highest BCUT2D eigenvalue weighted by atomic mass is 16.4. The fourth-order valence-electron chi connectivity index (χ4n) is 2.44. The number of primary amides is 1. The summed E-state index contributed by atoms with van der Waals surface area (Å²) in [5.74, 6) is -1.74. The van der Waals surface area contributed by atoms with Crippen LogP contribution < -0.4 is 5.73 Å². The molecule has 1 fully saturated rings. The number of carboxylic acid groups (broad SMARTS) is 1. The Bertz CT molecular complexity index is 379. The Morgan fingerprint density at radius 1 is 1.30 bits per heavy atom. The van der Waals surface area contributed by atoms with Gasteiger partial charge in [0, 0.05) is 18.4 Å². The first-order chi connectivity index (χ1) is 9.38. The lowest BCUT2D eigenvalue weighted by molar-refractivity contribution is -0.153. The minimum absolute atomic E-state index is 0.0236. The third-order valence-electron chi connectivity index (χ3n) is 3.65. The van der Waals surface area contributed by atoms with Crippen molar-refractivity contribution in [2.75, 3.05) is 0 Å². The normalized spacial score (nSPS) is 17.3. The molecule has 1 rings (SSSR count). The lowest BCUT2D eigenvalue weighted by atomic mass is 10.0. The van der Waals surface area contributed by atoms with Crippen molar-refractivity contribution in [3.63, 3.8) is 0 Å². The summed E-state index contributed by atoms with van der Waals surface area (Å²) in [6.07, 6.45) is 3.34. The third kappa shape index (κ3) is 4.51. The molecule has 20 heavy (non-hydrogen) atoms. The molecule has 1 unspecified atom stereocenters. The molecule has 114 valence electrons. The average molecular weight is 284 g/mol. The minimum atomic E-state index is -1.07. The van der Waals surface area contributed by atoms with Gasteiger partial charge in [0.25, 0.3) is 0 Å². The molecule has 0 saturated heterocycles. The maximum Gasteiger partial charge on any atom is 0.326 e. The molecule has 0 aromatic rings. The Kier molecular flexibility index (Phi) is 5.98. The molecule has 2 atom stereocenters. The summed E-state index contributed by atoms with van der Waals surface area (Å²) in [6.45, 7) is 3.86. The zero-order valence-corrected chi connectivity index (χ0v) is 12.2. The second kappa shape index (κ2) is 7.26. The van der Waals surface area contributed by atoms with E-state index in [1.54, 1.807) is 0 Å². The number of nitrogens with zero attached hydrogens (tertiary/aromatic N) is 1. The van der Waals surface area contributed by atoms with Crippen LogP contribution in [0.4, 0.5) is 0 Å². The standard InChI is InChI=1S/C14H24N2O4/c1-3-4-9(2)16(13(18)10-5-6-10)11(14(19)20)7-8-12(15)17/h9-11H,3-8H2,1-2H3,(H2,15,17)(H,19,20)/t9?,11-/m0/s1. The van der Waals surface area contributed by atoms with Gasteiger partial charge in [-0.15, -0.1) is 0 Å². The minimum Gasteiger partial charge on any atom is -0.480 e. The SMILES string of the molecule is CCCC(C)N(C(=O)C1CC1)[C@@H](CCC(N)=O)C(=O)O. The number of rotatable bonds is 9. The molecule has 1 aliphatic rings. The first-order valence-electron chi connectivity index (χ1n) is 7.21. The number of hydrogen-bond acceptors (Lipinski definition) is 3. The van der Waals surface area contributed by atoms with Crippen LogP contribution in [0.25, 0.3) is 0 Å². The molecule has 0 spiro atoms. The average Bonchev–Trinajstić information content (AvgIpc) is 3.17. The maximum atomic E-state index is 12.4. The van der Waals surface area contributed by atoms with Crippen LogP contribution >= 0.6 is 0 Å². The summed E-state index contributed by atoms with van der Waals surface area (Å²) < 4.78 is 0. The van der Waals surface area contributed by atoms with Gasteiger partial charge < -0.3 is 15.7 Å². The Balaban J connectivity index is 2.87. The Hall–Kier alpha value is -1.59. The summed E-state index contributed by atoms with van der Waals surface area (Å²) in [5.41, 5.74) is 5.09. The van der Waals surface area contributed by atoms with Crippen molar-refractivity contribution in [2.24, 2.45) is 11.7 Å². The second-order valence-electron chi connectivity index (χ2n) is 5.52. The van der Waals surface area contributed by atoms with Crippen molar-refractivity contribution in [1.29, 1.82) is 0 Å². The van der Waals surface area contributed by atoms with Gasteiger partial charge in [-0.1, -0.05) is 13.3 Å². The summed E-state index contributed by atoms with van der Waals surface area (Å²) in [4.78, 5) is 36.2. The summed E-state index contributed by atoms with van der Waals surface area (Å²) >= 11 is 0. The van der Waals surface area contributed by atoms with Crippen LogP contribution in [0.3, 0.4) is 0 Å². The molecule has 3 N–H and O–H groups in total. The highest BCUT2D eigenvalue weighted by molar-refractivity contribution is 5.87. The monoisotopic (exact) mass is 284 g/mol. The van der Waals surface area contributed by atoms with E-state index in [0.717, 1.165) is 25.7 Å². The van der Waals surface area contributed by atoms with Crippen molar-refractivity contribution >= 4 is 17.8 Å². The van der Waals surface area contributed by atoms with Crippen LogP contribution in [0.5, 0.6) is 0 Å². The molecule has 1 aliphatic carbocycles. The molecule has 6 heteroatoms. The van der Waals surface area contributed by atoms with E-state index in [1.165, 1.54) is 4.90 Å². The first kappa shape index (κ1) is 16.5. The molecule has 1 saturated carbocycles. The molecule has 6 nitrogen and oxygen atoms in total. The van der Waals surface area contributed by atoms with E-state index in [9.17, 15) is 19.5 Å². The fraction of sp³-hybridized carbons (Fsp3) is 0.786. The number of amides is 2. The topological polar surface area (TPSA) is 101 Å². The second-order valence-corrected chi connectivity index (χ2v) is 5.52. The predicted octanol–water partition coefficient (Wildman–Crippen LogP) is 1.13. The van der Waals surface area contributed by atoms with Crippen molar-refractivity contribution in [3.8, 4) is 0 Å². The van der Waals surface area contributed by atoms with Gasteiger partial charge in [0.05, 0.1) is 0 Å². The molecule has 0 aromatic carbocycles. The molecule has 2 amide bonds. The Morgan fingerprint density at radius 2 is 1.90 bits per heavy atom. The van der Waals surface area contributed by atoms with Gasteiger partial charge in [0.1, 0.15) is 6.04 Å². The predicted molar refractivity (Wildman–Crippen MR) is 73.8 cm³/mol. The number of hydrogen-bond donors (Lipinski definition) is 2. The van der Waals surface area contributed by atoms with E-state index >= 15 is 0 Å². The number of aliphatic carboxylic acids is 1. The van der Waals surface area contributed by atoms with Gasteiger partial charge in [-0.05, 0) is 32.6 Å². The van der Waals surface area contributed by atoms with Gasteiger partial charge in [0.15, 0.2) is 0 Å². The number of carbonyl (C=O) groups is 3. The van der Waals surface area contributed by atoms with Crippen LogP contribution in [0, 0.1) is 5.92 Å². The lowest BCUT2D eigenvalue weighted by Crippen LogP contribution is -2.50. The molecule has 0 radical (unpaired) electrons. The maximum absolute atomic E-state index is 12.4. The summed E-state index contributed by atoms with van der Waals surface area (Å²) in [6, 6.07) is -1.10. The van der Waals surface area contributed by atoms with Crippen LogP contribution in [-0.2, 0) is 14.4 Å². The number of carboxylic acids is 1. The first-order valence-corrected chi connectivity index (χ1v) is 7.21. The fourth-order valence-corrected chi connectivity index (χ4v) is 2.44.